The summed E-state index contributed by atoms with van der Waals surface area (Å²) in [6.45, 7) is 3.51. The van der Waals surface area contributed by atoms with Crippen molar-refractivity contribution in [1.29, 1.82) is 0 Å². The highest BCUT2D eigenvalue weighted by atomic mass is 32.1. The van der Waals surface area contributed by atoms with Gasteiger partial charge in [0.2, 0.25) is 11.6 Å². The highest BCUT2D eigenvalue weighted by Crippen LogP contribution is 2.40. The van der Waals surface area contributed by atoms with E-state index in [-0.39, 0.29) is 16.2 Å². The second-order valence-electron chi connectivity index (χ2n) is 7.15. The van der Waals surface area contributed by atoms with Gasteiger partial charge in [0, 0.05) is 24.9 Å². The highest BCUT2D eigenvalue weighted by molar-refractivity contribution is 7.71. The van der Waals surface area contributed by atoms with E-state index in [0.717, 1.165) is 19.6 Å². The van der Waals surface area contributed by atoms with Crippen LogP contribution in [0.3, 0.4) is 0 Å². The number of rotatable bonds is 8. The largest absolute Gasteiger partial charge is 0.494 e. The summed E-state index contributed by atoms with van der Waals surface area (Å²) in [6.07, 6.45) is 5.08. The van der Waals surface area contributed by atoms with E-state index in [2.05, 4.69) is 14.9 Å². The third kappa shape index (κ3) is 5.08. The van der Waals surface area contributed by atoms with Gasteiger partial charge in [-0.05, 0) is 38.1 Å². The number of nitrogens with one attached hydrogen (secondary N) is 1. The Bertz CT molecular complexity index is 1030. The maximum atomic E-state index is 12.4. The quantitative estimate of drug-likeness (QED) is 0.473. The summed E-state index contributed by atoms with van der Waals surface area (Å²) in [7, 11) is 4.49. The van der Waals surface area contributed by atoms with Crippen molar-refractivity contribution >= 4 is 18.4 Å². The maximum absolute atomic E-state index is 12.4. The van der Waals surface area contributed by atoms with Crippen LogP contribution in [-0.2, 0) is 0 Å². The Morgan fingerprint density at radius 1 is 1.13 bits per heavy atom. The van der Waals surface area contributed by atoms with Crippen LogP contribution in [0.25, 0.3) is 5.69 Å². The lowest BCUT2D eigenvalue weighted by atomic mass is 10.1. The molecule has 3 rings (SSSR count). The van der Waals surface area contributed by atoms with Crippen LogP contribution >= 0.6 is 12.2 Å². The van der Waals surface area contributed by atoms with Crippen LogP contribution in [0.2, 0.25) is 0 Å². The smallest absolute Gasteiger partial charge is 0.264 e. The van der Waals surface area contributed by atoms with Crippen LogP contribution in [0.1, 0.15) is 24.8 Å². The van der Waals surface area contributed by atoms with E-state index in [4.69, 9.17) is 26.4 Å². The van der Waals surface area contributed by atoms with Crippen molar-refractivity contribution in [1.82, 2.24) is 14.5 Å². The number of aromatic hydroxyl groups is 1. The topological polar surface area (TPSA) is 101 Å². The van der Waals surface area contributed by atoms with Crippen molar-refractivity contribution in [2.45, 2.75) is 19.3 Å². The van der Waals surface area contributed by atoms with Gasteiger partial charge >= 0.3 is 0 Å². The Morgan fingerprint density at radius 2 is 1.77 bits per heavy atom. The number of aromatic amines is 1. The van der Waals surface area contributed by atoms with Crippen molar-refractivity contribution in [2.24, 2.45) is 4.99 Å². The number of nitrogens with zero attached hydrogens (tertiary/aromatic N) is 3. The van der Waals surface area contributed by atoms with Crippen molar-refractivity contribution in [2.75, 3.05) is 47.5 Å². The monoisotopic (exact) mass is 448 g/mol. The summed E-state index contributed by atoms with van der Waals surface area (Å²) in [5, 5.41) is 10.9. The van der Waals surface area contributed by atoms with Gasteiger partial charge in [0.1, 0.15) is 5.56 Å². The minimum Gasteiger partial charge on any atom is -0.494 e. The van der Waals surface area contributed by atoms with Gasteiger partial charge in [-0.3, -0.25) is 19.3 Å². The molecular formula is C21H28N4O5S. The lowest BCUT2D eigenvalue weighted by Gasteiger charge is -2.25. The van der Waals surface area contributed by atoms with E-state index >= 15 is 0 Å². The molecule has 168 valence electrons. The number of piperidine rings is 1. The lowest BCUT2D eigenvalue weighted by Crippen LogP contribution is -2.31. The van der Waals surface area contributed by atoms with Crippen LogP contribution < -0.4 is 19.8 Å². The summed E-state index contributed by atoms with van der Waals surface area (Å²) in [4.78, 5) is 21.7. The van der Waals surface area contributed by atoms with Crippen molar-refractivity contribution in [3.05, 3.63) is 32.8 Å². The molecule has 1 saturated heterocycles. The van der Waals surface area contributed by atoms with E-state index < -0.39 is 5.56 Å². The minimum atomic E-state index is -0.507. The van der Waals surface area contributed by atoms with Crippen molar-refractivity contribution in [3.63, 3.8) is 0 Å². The summed E-state index contributed by atoms with van der Waals surface area (Å²) in [5.74, 6) is 0.871. The molecule has 10 heteroatoms. The Morgan fingerprint density at radius 3 is 2.35 bits per heavy atom. The first-order valence-electron chi connectivity index (χ1n) is 10.1. The van der Waals surface area contributed by atoms with Gasteiger partial charge in [-0.15, -0.1) is 0 Å². The maximum Gasteiger partial charge on any atom is 0.264 e. The molecule has 0 aliphatic carbocycles. The van der Waals surface area contributed by atoms with Crippen LogP contribution in [-0.4, -0.2) is 73.3 Å². The van der Waals surface area contributed by atoms with Gasteiger partial charge in [0.25, 0.3) is 5.56 Å². The summed E-state index contributed by atoms with van der Waals surface area (Å²) in [6, 6.07) is 3.26. The number of likely N-dealkylation sites (tertiary alicyclic amines) is 1. The third-order valence-corrected chi connectivity index (χ3v) is 5.53. The SMILES string of the molecule is COc1cc(-n2c(O)c(C=NCCN3CCCCC3)c(=O)[nH]c2=S)cc(OC)c1OC. The van der Waals surface area contributed by atoms with Crippen molar-refractivity contribution < 1.29 is 19.3 Å². The fourth-order valence-electron chi connectivity index (χ4n) is 3.63. The average Bonchev–Trinajstić information content (AvgIpc) is 2.78. The second-order valence-corrected chi connectivity index (χ2v) is 7.54. The molecule has 9 nitrogen and oxygen atoms in total. The van der Waals surface area contributed by atoms with Gasteiger partial charge in [0.05, 0.1) is 33.6 Å². The van der Waals surface area contributed by atoms with Gasteiger partial charge in [-0.1, -0.05) is 6.42 Å². The molecule has 0 atom stereocenters. The summed E-state index contributed by atoms with van der Waals surface area (Å²) in [5.41, 5.74) is -0.0369. The fourth-order valence-corrected chi connectivity index (χ4v) is 3.91. The molecule has 0 amide bonds. The number of benzene rings is 1. The molecule has 1 aliphatic heterocycles. The van der Waals surface area contributed by atoms with E-state index in [0.29, 0.717) is 29.5 Å². The number of aromatic nitrogens is 2. The van der Waals surface area contributed by atoms with Crippen LogP contribution in [0, 0.1) is 4.77 Å². The fraction of sp³-hybridized carbons (Fsp3) is 0.476. The molecule has 1 aromatic heterocycles. The first kappa shape index (κ1) is 22.8. The molecule has 0 saturated carbocycles. The van der Waals surface area contributed by atoms with Crippen LogP contribution in [0.5, 0.6) is 23.1 Å². The Kier molecular flexibility index (Phi) is 7.69. The molecule has 1 aromatic carbocycles. The first-order valence-corrected chi connectivity index (χ1v) is 10.5. The molecule has 1 aliphatic rings. The predicted molar refractivity (Wildman–Crippen MR) is 121 cm³/mol. The number of H-pyrrole nitrogens is 1. The van der Waals surface area contributed by atoms with Gasteiger partial charge in [-0.25, -0.2) is 0 Å². The molecule has 2 aromatic rings. The summed E-state index contributed by atoms with van der Waals surface area (Å²) < 4.78 is 17.4. The number of ether oxygens (including phenoxy) is 3. The van der Waals surface area contributed by atoms with Crippen LogP contribution in [0.15, 0.2) is 21.9 Å². The van der Waals surface area contributed by atoms with E-state index in [1.807, 2.05) is 0 Å². The molecule has 0 bridgehead atoms. The third-order valence-electron chi connectivity index (χ3n) is 5.24. The average molecular weight is 449 g/mol. The first-order chi connectivity index (χ1) is 15.0. The Balaban J connectivity index is 1.94. The molecule has 1 fully saturated rings. The zero-order valence-electron chi connectivity index (χ0n) is 18.0. The lowest BCUT2D eigenvalue weighted by molar-refractivity contribution is 0.235. The molecular weight excluding hydrogens is 420 g/mol. The number of methoxy groups -OCH3 is 3. The van der Waals surface area contributed by atoms with Gasteiger partial charge in [-0.2, -0.15) is 0 Å². The highest BCUT2D eigenvalue weighted by Gasteiger charge is 2.18. The Labute approximate surface area is 185 Å². The van der Waals surface area contributed by atoms with E-state index in [1.54, 1.807) is 12.1 Å². The number of aliphatic imine (C=N–C) groups is 1. The molecule has 2 heterocycles. The Hall–Kier alpha value is -2.85. The van der Waals surface area contributed by atoms with Crippen molar-refractivity contribution in [3.8, 4) is 28.8 Å². The second kappa shape index (κ2) is 10.5. The van der Waals surface area contributed by atoms with Gasteiger partial charge < -0.3 is 24.2 Å². The molecule has 31 heavy (non-hydrogen) atoms. The zero-order valence-corrected chi connectivity index (χ0v) is 18.8. The number of hydrogen-bond donors (Lipinski definition) is 2. The number of hydrogen-bond acceptors (Lipinski definition) is 8. The zero-order chi connectivity index (χ0) is 22.4. The van der Waals surface area contributed by atoms with E-state index in [9.17, 15) is 9.90 Å². The van der Waals surface area contributed by atoms with Gasteiger partial charge in [0.15, 0.2) is 16.3 Å². The molecule has 0 unspecified atom stereocenters. The molecule has 2 N–H and O–H groups in total. The van der Waals surface area contributed by atoms with Crippen LogP contribution in [0.4, 0.5) is 0 Å². The van der Waals surface area contributed by atoms with E-state index in [1.165, 1.54) is 51.4 Å². The summed E-state index contributed by atoms with van der Waals surface area (Å²) >= 11 is 5.29. The molecule has 0 spiro atoms. The molecule has 0 radical (unpaired) electrons. The predicted octanol–water partition coefficient (Wildman–Crippen LogP) is 2.53. The normalized spacial score (nSPS) is 14.7. The standard InChI is InChI=1S/C21H28N4O5S/c1-28-16-11-14(12-17(29-2)18(16)30-3)25-20(27)15(19(26)23-21(25)31)13-22-7-10-24-8-5-4-6-9-24/h11-13,27H,4-10H2,1-3H3,(H,23,26,31). The minimum absolute atomic E-state index is 0.0287.